The van der Waals surface area contributed by atoms with E-state index in [9.17, 15) is 18.0 Å². The van der Waals surface area contributed by atoms with Gasteiger partial charge in [-0.15, -0.1) is 0 Å². The SMILES string of the molecule is Cc1cc(C(=O)CN2CCN(S(=O)(=O)c3ccc4c(c3)CC(=O)N4)CC2)c(C)n1C1CC1. The van der Waals surface area contributed by atoms with Gasteiger partial charge in [0.1, 0.15) is 0 Å². The quantitative estimate of drug-likeness (QED) is 0.673. The maximum atomic E-state index is 13.1. The summed E-state index contributed by atoms with van der Waals surface area (Å²) in [6, 6.07) is 7.32. The van der Waals surface area contributed by atoms with Gasteiger partial charge < -0.3 is 9.88 Å². The minimum Gasteiger partial charge on any atom is -0.345 e. The molecule has 3 heterocycles. The Bertz CT molecular complexity index is 1200. The number of anilines is 1. The van der Waals surface area contributed by atoms with E-state index in [0.29, 0.717) is 50.0 Å². The summed E-state index contributed by atoms with van der Waals surface area (Å²) >= 11 is 0. The highest BCUT2D eigenvalue weighted by Crippen LogP contribution is 2.38. The van der Waals surface area contributed by atoms with Crippen molar-refractivity contribution in [1.82, 2.24) is 13.8 Å². The Hall–Kier alpha value is -2.49. The van der Waals surface area contributed by atoms with E-state index in [2.05, 4.69) is 16.8 Å². The number of nitrogens with one attached hydrogen (secondary N) is 1. The number of aromatic nitrogens is 1. The Morgan fingerprint density at radius 1 is 1.09 bits per heavy atom. The fourth-order valence-corrected chi connectivity index (χ4v) is 6.36. The number of ketones is 1. The van der Waals surface area contributed by atoms with E-state index in [1.165, 1.54) is 17.1 Å². The zero-order valence-electron chi connectivity index (χ0n) is 18.4. The predicted octanol–water partition coefficient (Wildman–Crippen LogP) is 2.12. The average molecular weight is 457 g/mol. The zero-order valence-corrected chi connectivity index (χ0v) is 19.2. The first-order valence-corrected chi connectivity index (χ1v) is 12.5. The molecule has 1 N–H and O–H groups in total. The summed E-state index contributed by atoms with van der Waals surface area (Å²) in [6.07, 6.45) is 2.56. The molecule has 5 rings (SSSR count). The number of fused-ring (bicyclic) bond motifs is 1. The van der Waals surface area contributed by atoms with Gasteiger partial charge in [-0.3, -0.25) is 14.5 Å². The Morgan fingerprint density at radius 3 is 2.50 bits per heavy atom. The third-order valence-corrected chi connectivity index (χ3v) is 8.63. The van der Waals surface area contributed by atoms with E-state index in [0.717, 1.165) is 17.0 Å². The molecule has 0 radical (unpaired) electrons. The topological polar surface area (TPSA) is 91.7 Å². The van der Waals surface area contributed by atoms with Crippen LogP contribution in [-0.2, 0) is 21.2 Å². The first kappa shape index (κ1) is 21.4. The molecule has 9 heteroatoms. The first-order valence-electron chi connectivity index (χ1n) is 11.1. The molecule has 0 unspecified atom stereocenters. The predicted molar refractivity (Wildman–Crippen MR) is 120 cm³/mol. The number of aryl methyl sites for hydroxylation is 1. The highest BCUT2D eigenvalue weighted by atomic mass is 32.2. The monoisotopic (exact) mass is 456 g/mol. The van der Waals surface area contributed by atoms with Gasteiger partial charge in [0.15, 0.2) is 5.78 Å². The van der Waals surface area contributed by atoms with Crippen LogP contribution in [0.1, 0.15) is 46.2 Å². The lowest BCUT2D eigenvalue weighted by Crippen LogP contribution is -2.49. The van der Waals surface area contributed by atoms with E-state index >= 15 is 0 Å². The fourth-order valence-electron chi connectivity index (χ4n) is 4.89. The third-order valence-electron chi connectivity index (χ3n) is 6.73. The standard InChI is InChI=1S/C23H28N4O4S/c1-15-11-20(16(2)27(15)18-3-4-18)22(28)14-25-7-9-26(10-8-25)32(30,31)19-5-6-21-17(12-19)13-23(29)24-21/h5-6,11-12,18H,3-4,7-10,13-14H2,1-2H3,(H,24,29). The van der Waals surface area contributed by atoms with Crippen molar-refractivity contribution in [3.05, 3.63) is 46.8 Å². The normalized spacial score (nSPS) is 19.8. The number of sulfonamides is 1. The number of piperazine rings is 1. The van der Waals surface area contributed by atoms with Gasteiger partial charge in [-0.2, -0.15) is 4.31 Å². The number of amides is 1. The Balaban J connectivity index is 1.23. The van der Waals surface area contributed by atoms with E-state index in [1.807, 2.05) is 17.9 Å². The lowest BCUT2D eigenvalue weighted by Gasteiger charge is -2.33. The molecule has 2 aliphatic heterocycles. The summed E-state index contributed by atoms with van der Waals surface area (Å²) in [5.74, 6) is -0.0252. The molecule has 0 bridgehead atoms. The molecule has 0 spiro atoms. The molecule has 2 aromatic rings. The van der Waals surface area contributed by atoms with Crippen molar-refractivity contribution >= 4 is 27.4 Å². The van der Waals surface area contributed by atoms with Crippen LogP contribution in [0.25, 0.3) is 0 Å². The molecule has 1 aromatic heterocycles. The molecule has 32 heavy (non-hydrogen) atoms. The maximum Gasteiger partial charge on any atom is 0.243 e. The van der Waals surface area contributed by atoms with Crippen molar-refractivity contribution in [2.45, 2.75) is 44.0 Å². The minimum atomic E-state index is -3.64. The Kier molecular flexibility index (Phi) is 5.22. The summed E-state index contributed by atoms with van der Waals surface area (Å²) in [5.41, 5.74) is 4.35. The van der Waals surface area contributed by atoms with Crippen LogP contribution in [0.5, 0.6) is 0 Å². The number of hydrogen-bond donors (Lipinski definition) is 1. The van der Waals surface area contributed by atoms with E-state index in [-0.39, 0.29) is 23.0 Å². The van der Waals surface area contributed by atoms with Gasteiger partial charge in [0.25, 0.3) is 0 Å². The molecule has 1 saturated heterocycles. The Labute approximate surface area is 188 Å². The van der Waals surface area contributed by atoms with Gasteiger partial charge in [-0.1, -0.05) is 0 Å². The van der Waals surface area contributed by atoms with Crippen LogP contribution >= 0.6 is 0 Å². The number of rotatable bonds is 6. The summed E-state index contributed by atoms with van der Waals surface area (Å²) in [6.45, 7) is 6.07. The molecule has 3 aliphatic rings. The number of carbonyl (C=O) groups excluding carboxylic acids is 2. The molecule has 1 aromatic carbocycles. The number of hydrogen-bond acceptors (Lipinski definition) is 5. The smallest absolute Gasteiger partial charge is 0.243 e. The lowest BCUT2D eigenvalue weighted by atomic mass is 10.1. The average Bonchev–Trinajstić information content (AvgIpc) is 3.44. The number of carbonyl (C=O) groups is 2. The first-order chi connectivity index (χ1) is 15.2. The van der Waals surface area contributed by atoms with Gasteiger partial charge in [-0.05, 0) is 56.5 Å². The third kappa shape index (κ3) is 3.78. The number of Topliss-reactive ketones (excluding diaryl/α,β-unsaturated/α-hetero) is 1. The van der Waals surface area contributed by atoms with Gasteiger partial charge in [-0.25, -0.2) is 8.42 Å². The summed E-state index contributed by atoms with van der Waals surface area (Å²) in [7, 11) is -3.64. The molecule has 8 nitrogen and oxygen atoms in total. The summed E-state index contributed by atoms with van der Waals surface area (Å²) < 4.78 is 30.0. The van der Waals surface area contributed by atoms with Gasteiger partial charge >= 0.3 is 0 Å². The number of nitrogens with zero attached hydrogens (tertiary/aromatic N) is 3. The van der Waals surface area contributed by atoms with Crippen LogP contribution in [0.3, 0.4) is 0 Å². The zero-order chi connectivity index (χ0) is 22.6. The maximum absolute atomic E-state index is 13.1. The molecular formula is C23H28N4O4S. The second kappa shape index (κ2) is 7.83. The van der Waals surface area contributed by atoms with Crippen molar-refractivity contribution in [3.63, 3.8) is 0 Å². The molecular weight excluding hydrogens is 428 g/mol. The molecule has 170 valence electrons. The van der Waals surface area contributed by atoms with Crippen molar-refractivity contribution in [2.75, 3.05) is 38.0 Å². The second-order valence-corrected chi connectivity index (χ2v) is 11.0. The lowest BCUT2D eigenvalue weighted by molar-refractivity contribution is -0.115. The van der Waals surface area contributed by atoms with Crippen molar-refractivity contribution in [2.24, 2.45) is 0 Å². The van der Waals surface area contributed by atoms with Crippen LogP contribution in [0.4, 0.5) is 5.69 Å². The summed E-state index contributed by atoms with van der Waals surface area (Å²) in [5, 5.41) is 2.72. The fraction of sp³-hybridized carbons (Fsp3) is 0.478. The molecule has 1 amide bonds. The highest BCUT2D eigenvalue weighted by Gasteiger charge is 2.32. The Morgan fingerprint density at radius 2 is 1.81 bits per heavy atom. The largest absolute Gasteiger partial charge is 0.345 e. The van der Waals surface area contributed by atoms with Crippen molar-refractivity contribution in [3.8, 4) is 0 Å². The molecule has 1 aliphatic carbocycles. The van der Waals surface area contributed by atoms with Crippen LogP contribution in [0.2, 0.25) is 0 Å². The van der Waals surface area contributed by atoms with Crippen LogP contribution in [0, 0.1) is 13.8 Å². The van der Waals surface area contributed by atoms with E-state index in [1.54, 1.807) is 18.2 Å². The van der Waals surface area contributed by atoms with Crippen molar-refractivity contribution < 1.29 is 18.0 Å². The molecule has 0 atom stereocenters. The van der Waals surface area contributed by atoms with Gasteiger partial charge in [0, 0.05) is 54.9 Å². The van der Waals surface area contributed by atoms with Crippen molar-refractivity contribution in [1.29, 1.82) is 0 Å². The second-order valence-electron chi connectivity index (χ2n) is 9.03. The van der Waals surface area contributed by atoms with E-state index < -0.39 is 10.0 Å². The highest BCUT2D eigenvalue weighted by molar-refractivity contribution is 7.89. The van der Waals surface area contributed by atoms with Crippen LogP contribution in [0.15, 0.2) is 29.2 Å². The minimum absolute atomic E-state index is 0.0945. The van der Waals surface area contributed by atoms with Crippen LogP contribution in [-0.4, -0.2) is 66.6 Å². The van der Waals surface area contributed by atoms with Crippen LogP contribution < -0.4 is 5.32 Å². The molecule has 2 fully saturated rings. The van der Waals surface area contributed by atoms with E-state index in [4.69, 9.17) is 0 Å². The number of benzene rings is 1. The summed E-state index contributed by atoms with van der Waals surface area (Å²) in [4.78, 5) is 26.8. The molecule has 1 saturated carbocycles. The van der Waals surface area contributed by atoms with Gasteiger partial charge in [0.05, 0.1) is 17.9 Å². The van der Waals surface area contributed by atoms with Gasteiger partial charge in [0.2, 0.25) is 15.9 Å².